The highest BCUT2D eigenvalue weighted by molar-refractivity contribution is 7.16. The number of amides is 1. The van der Waals surface area contributed by atoms with E-state index in [9.17, 15) is 9.59 Å². The zero-order valence-corrected chi connectivity index (χ0v) is 17.2. The third kappa shape index (κ3) is 4.54. The smallest absolute Gasteiger partial charge is 0.341 e. The number of ether oxygens (including phenoxy) is 3. The molecule has 1 aromatic heterocycles. The van der Waals surface area contributed by atoms with Crippen molar-refractivity contribution in [2.24, 2.45) is 0 Å². The summed E-state index contributed by atoms with van der Waals surface area (Å²) in [5, 5.41) is 3.36. The number of carbonyl (C=O) groups is 2. The molecule has 3 rings (SSSR count). The van der Waals surface area contributed by atoms with Crippen LogP contribution in [0.3, 0.4) is 0 Å². The van der Waals surface area contributed by atoms with Gasteiger partial charge in [-0.25, -0.2) is 4.79 Å². The standard InChI is InChI=1S/C21H25NO5S/c1-4-25-21(24)18-13(2)14(3)28-20(18)22-19(23)16-9-5-6-10-17(16)27-12-15-8-7-11-26-15/h5-6,9-10,15H,4,7-8,11-12H2,1-3H3,(H,22,23). The van der Waals surface area contributed by atoms with E-state index in [0.717, 1.165) is 29.9 Å². The van der Waals surface area contributed by atoms with E-state index < -0.39 is 5.97 Å². The van der Waals surface area contributed by atoms with Crippen LogP contribution in [0.1, 0.15) is 50.9 Å². The molecule has 1 aliphatic heterocycles. The molecule has 2 heterocycles. The molecule has 2 aromatic rings. The van der Waals surface area contributed by atoms with Gasteiger partial charge >= 0.3 is 5.97 Å². The van der Waals surface area contributed by atoms with Crippen molar-refractivity contribution < 1.29 is 23.8 Å². The molecule has 150 valence electrons. The second-order valence-electron chi connectivity index (χ2n) is 6.60. The molecule has 1 N–H and O–H groups in total. The highest BCUT2D eigenvalue weighted by Gasteiger charge is 2.24. The second-order valence-corrected chi connectivity index (χ2v) is 7.83. The highest BCUT2D eigenvalue weighted by Crippen LogP contribution is 2.34. The van der Waals surface area contributed by atoms with Crippen molar-refractivity contribution in [3.8, 4) is 5.75 Å². The molecule has 1 aliphatic rings. The van der Waals surface area contributed by atoms with E-state index >= 15 is 0 Å². The van der Waals surface area contributed by atoms with E-state index in [-0.39, 0.29) is 18.6 Å². The third-order valence-electron chi connectivity index (χ3n) is 4.67. The van der Waals surface area contributed by atoms with Crippen molar-refractivity contribution in [3.05, 3.63) is 45.8 Å². The first kappa shape index (κ1) is 20.4. The van der Waals surface area contributed by atoms with Gasteiger partial charge in [0.2, 0.25) is 0 Å². The number of para-hydroxylation sites is 1. The first-order valence-electron chi connectivity index (χ1n) is 9.43. The van der Waals surface area contributed by atoms with Crippen molar-refractivity contribution in [3.63, 3.8) is 0 Å². The minimum absolute atomic E-state index is 0.0640. The van der Waals surface area contributed by atoms with Crippen molar-refractivity contribution in [2.75, 3.05) is 25.1 Å². The van der Waals surface area contributed by atoms with Crippen LogP contribution in [0.15, 0.2) is 24.3 Å². The SMILES string of the molecule is CCOC(=O)c1c(NC(=O)c2ccccc2OCC2CCCO2)sc(C)c1C. The maximum absolute atomic E-state index is 12.9. The quantitative estimate of drug-likeness (QED) is 0.696. The molecular formula is C21H25NO5S. The minimum atomic E-state index is -0.428. The van der Waals surface area contributed by atoms with Gasteiger partial charge in [0.05, 0.1) is 23.8 Å². The van der Waals surface area contributed by atoms with E-state index in [1.54, 1.807) is 25.1 Å². The predicted molar refractivity (Wildman–Crippen MR) is 109 cm³/mol. The average molecular weight is 404 g/mol. The van der Waals surface area contributed by atoms with Gasteiger partial charge in [0.25, 0.3) is 5.91 Å². The topological polar surface area (TPSA) is 73.9 Å². The van der Waals surface area contributed by atoms with E-state index in [1.165, 1.54) is 11.3 Å². The van der Waals surface area contributed by atoms with Crippen molar-refractivity contribution >= 4 is 28.2 Å². The predicted octanol–water partition coefficient (Wildman–Crippen LogP) is 4.35. The number of aryl methyl sites for hydroxylation is 1. The fourth-order valence-corrected chi connectivity index (χ4v) is 4.12. The van der Waals surface area contributed by atoms with Crippen LogP contribution >= 0.6 is 11.3 Å². The van der Waals surface area contributed by atoms with Gasteiger partial charge in [-0.1, -0.05) is 12.1 Å². The van der Waals surface area contributed by atoms with Gasteiger partial charge in [-0.2, -0.15) is 0 Å². The number of carbonyl (C=O) groups excluding carboxylic acids is 2. The molecule has 1 saturated heterocycles. The fourth-order valence-electron chi connectivity index (χ4n) is 3.07. The average Bonchev–Trinajstić information content (AvgIpc) is 3.29. The highest BCUT2D eigenvalue weighted by atomic mass is 32.1. The summed E-state index contributed by atoms with van der Waals surface area (Å²) in [6.45, 7) is 6.97. The first-order valence-corrected chi connectivity index (χ1v) is 10.2. The number of anilines is 1. The summed E-state index contributed by atoms with van der Waals surface area (Å²) in [4.78, 5) is 26.2. The molecule has 1 aromatic carbocycles. The Kier molecular flexibility index (Phi) is 6.70. The lowest BCUT2D eigenvalue weighted by molar-refractivity contribution is 0.0527. The van der Waals surface area contributed by atoms with Crippen LogP contribution in [0, 0.1) is 13.8 Å². The van der Waals surface area contributed by atoms with E-state index in [0.29, 0.717) is 28.5 Å². The molecule has 28 heavy (non-hydrogen) atoms. The van der Waals surface area contributed by atoms with Crippen molar-refractivity contribution in [1.29, 1.82) is 0 Å². The fraction of sp³-hybridized carbons (Fsp3) is 0.429. The van der Waals surface area contributed by atoms with Crippen molar-refractivity contribution in [2.45, 2.75) is 39.7 Å². The maximum atomic E-state index is 12.9. The van der Waals surface area contributed by atoms with Gasteiger partial charge in [-0.3, -0.25) is 4.79 Å². The molecule has 1 fully saturated rings. The Morgan fingerprint density at radius 3 is 2.79 bits per heavy atom. The summed E-state index contributed by atoms with van der Waals surface area (Å²) in [6, 6.07) is 7.08. The van der Waals surface area contributed by atoms with Crippen LogP contribution in [0.4, 0.5) is 5.00 Å². The van der Waals surface area contributed by atoms with Crippen LogP contribution in [-0.4, -0.2) is 37.8 Å². The van der Waals surface area contributed by atoms with Gasteiger partial charge in [0.1, 0.15) is 17.4 Å². The molecule has 6 nitrogen and oxygen atoms in total. The van der Waals surface area contributed by atoms with E-state index in [1.807, 2.05) is 19.9 Å². The minimum Gasteiger partial charge on any atom is -0.490 e. The Hall–Kier alpha value is -2.38. The van der Waals surface area contributed by atoms with Crippen LogP contribution in [0.25, 0.3) is 0 Å². The molecule has 1 amide bonds. The third-order valence-corrected chi connectivity index (χ3v) is 5.80. The van der Waals surface area contributed by atoms with Crippen LogP contribution < -0.4 is 10.1 Å². The summed E-state index contributed by atoms with van der Waals surface area (Å²) < 4.78 is 16.6. The molecule has 0 saturated carbocycles. The number of esters is 1. The Bertz CT molecular complexity index is 854. The summed E-state index contributed by atoms with van der Waals surface area (Å²) in [7, 11) is 0. The summed E-state index contributed by atoms with van der Waals surface area (Å²) in [6.07, 6.45) is 2.06. The Labute approximate surface area is 168 Å². The van der Waals surface area contributed by atoms with Gasteiger partial charge in [-0.15, -0.1) is 11.3 Å². The lowest BCUT2D eigenvalue weighted by Crippen LogP contribution is -2.19. The Morgan fingerprint density at radius 1 is 1.29 bits per heavy atom. The van der Waals surface area contributed by atoms with Crippen LogP contribution in [-0.2, 0) is 9.47 Å². The molecule has 0 bridgehead atoms. The Morgan fingerprint density at radius 2 is 2.07 bits per heavy atom. The molecule has 1 unspecified atom stereocenters. The summed E-state index contributed by atoms with van der Waals surface area (Å²) >= 11 is 1.36. The second kappa shape index (κ2) is 9.21. The number of nitrogens with one attached hydrogen (secondary N) is 1. The van der Waals surface area contributed by atoms with E-state index in [2.05, 4.69) is 5.32 Å². The molecule has 0 spiro atoms. The molecule has 7 heteroatoms. The zero-order valence-electron chi connectivity index (χ0n) is 16.4. The lowest BCUT2D eigenvalue weighted by atomic mass is 10.1. The van der Waals surface area contributed by atoms with E-state index in [4.69, 9.17) is 14.2 Å². The van der Waals surface area contributed by atoms with Crippen LogP contribution in [0.5, 0.6) is 5.75 Å². The molecule has 0 aliphatic carbocycles. The first-order chi connectivity index (χ1) is 13.5. The van der Waals surface area contributed by atoms with Crippen LogP contribution in [0.2, 0.25) is 0 Å². The number of thiophene rings is 1. The monoisotopic (exact) mass is 403 g/mol. The number of rotatable bonds is 7. The lowest BCUT2D eigenvalue weighted by Gasteiger charge is -2.14. The molecular weight excluding hydrogens is 378 g/mol. The van der Waals surface area contributed by atoms with Gasteiger partial charge in [0, 0.05) is 11.5 Å². The van der Waals surface area contributed by atoms with Gasteiger partial charge < -0.3 is 19.5 Å². The normalized spacial score (nSPS) is 16.0. The summed E-state index contributed by atoms with van der Waals surface area (Å²) in [5.74, 6) is -0.254. The largest absolute Gasteiger partial charge is 0.490 e. The zero-order chi connectivity index (χ0) is 20.1. The Balaban J connectivity index is 1.78. The maximum Gasteiger partial charge on any atom is 0.341 e. The number of hydrogen-bond acceptors (Lipinski definition) is 6. The van der Waals surface area contributed by atoms with Gasteiger partial charge in [0.15, 0.2) is 0 Å². The molecule has 1 atom stereocenters. The van der Waals surface area contributed by atoms with Crippen molar-refractivity contribution in [1.82, 2.24) is 0 Å². The number of hydrogen-bond donors (Lipinski definition) is 1. The summed E-state index contributed by atoms with van der Waals surface area (Å²) in [5.41, 5.74) is 1.65. The van der Waals surface area contributed by atoms with Gasteiger partial charge in [-0.05, 0) is 51.3 Å². The number of benzene rings is 1. The molecule has 0 radical (unpaired) electrons.